The quantitative estimate of drug-likeness (QED) is 0.869. The van der Waals surface area contributed by atoms with Gasteiger partial charge in [0.25, 0.3) is 0 Å². The molecule has 0 aromatic carbocycles. The molecule has 0 bridgehead atoms. The molecule has 2 rings (SSSR count). The summed E-state index contributed by atoms with van der Waals surface area (Å²) < 4.78 is 36.9. The number of hydrogen-bond acceptors (Lipinski definition) is 5. The fraction of sp³-hybridized carbons (Fsp3) is 0.538. The van der Waals surface area contributed by atoms with Crippen molar-refractivity contribution in [2.24, 2.45) is 0 Å². The summed E-state index contributed by atoms with van der Waals surface area (Å²) in [6, 6.07) is 3.88. The van der Waals surface area contributed by atoms with Crippen LogP contribution < -0.4 is 10.1 Å². The topological polar surface area (TPSA) is 74.7 Å². The zero-order chi connectivity index (χ0) is 16.6. The summed E-state index contributed by atoms with van der Waals surface area (Å²) in [5, 5.41) is 10.5. The van der Waals surface area contributed by atoms with E-state index in [0.29, 0.717) is 0 Å². The van der Waals surface area contributed by atoms with Crippen molar-refractivity contribution in [3.05, 3.63) is 24.0 Å². The Bertz CT molecular complexity index is 477. The van der Waals surface area contributed by atoms with Crippen LogP contribution >= 0.6 is 0 Å². The van der Waals surface area contributed by atoms with Gasteiger partial charge >= 0.3 is 12.1 Å². The van der Waals surface area contributed by atoms with Crippen LogP contribution in [0.25, 0.3) is 0 Å². The number of nitrogens with zero attached hydrogens (tertiary/aromatic N) is 2. The van der Waals surface area contributed by atoms with E-state index in [1.165, 1.54) is 0 Å². The second-order valence-corrected chi connectivity index (χ2v) is 4.52. The van der Waals surface area contributed by atoms with Crippen molar-refractivity contribution in [3.8, 4) is 5.75 Å². The average molecular weight is 321 g/mol. The maximum absolute atomic E-state index is 10.6. The first-order valence-electron chi connectivity index (χ1n) is 6.55. The second kappa shape index (κ2) is 8.54. The van der Waals surface area contributed by atoms with Crippen LogP contribution in [0.5, 0.6) is 5.75 Å². The maximum Gasteiger partial charge on any atom is 0.490 e. The van der Waals surface area contributed by atoms with E-state index in [4.69, 9.17) is 14.6 Å². The van der Waals surface area contributed by atoms with E-state index in [1.807, 2.05) is 12.1 Å². The van der Waals surface area contributed by atoms with Crippen molar-refractivity contribution in [2.45, 2.75) is 12.7 Å². The number of aliphatic carboxylic acids is 1. The van der Waals surface area contributed by atoms with Gasteiger partial charge in [0, 0.05) is 45.0 Å². The highest BCUT2D eigenvalue weighted by molar-refractivity contribution is 5.73. The van der Waals surface area contributed by atoms with Crippen LogP contribution in [0.2, 0.25) is 0 Å². The Balaban J connectivity index is 0.000000295. The van der Waals surface area contributed by atoms with E-state index in [0.717, 1.165) is 44.2 Å². The predicted octanol–water partition coefficient (Wildman–Crippen LogP) is 1.13. The number of carboxylic acid groups (broad SMARTS) is 1. The minimum absolute atomic E-state index is 0.884. The van der Waals surface area contributed by atoms with Crippen LogP contribution in [0.3, 0.4) is 0 Å². The van der Waals surface area contributed by atoms with Crippen LogP contribution in [0, 0.1) is 0 Å². The predicted molar refractivity (Wildman–Crippen MR) is 72.6 cm³/mol. The van der Waals surface area contributed by atoms with Gasteiger partial charge in [0.1, 0.15) is 5.75 Å². The number of halogens is 3. The molecule has 22 heavy (non-hydrogen) atoms. The summed E-state index contributed by atoms with van der Waals surface area (Å²) in [5.41, 5.74) is 1.08. The minimum atomic E-state index is -5.08. The SMILES string of the molecule is COc1ccnc(CN2CCNCC2)c1.O=C(O)C(F)(F)F. The third kappa shape index (κ3) is 6.72. The highest BCUT2D eigenvalue weighted by atomic mass is 19.4. The Morgan fingerprint density at radius 3 is 2.55 bits per heavy atom. The zero-order valence-corrected chi connectivity index (χ0v) is 12.1. The summed E-state index contributed by atoms with van der Waals surface area (Å²) in [7, 11) is 1.68. The van der Waals surface area contributed by atoms with Gasteiger partial charge in [-0.2, -0.15) is 13.2 Å². The number of alkyl halides is 3. The van der Waals surface area contributed by atoms with Crippen LogP contribution in [-0.2, 0) is 11.3 Å². The van der Waals surface area contributed by atoms with Gasteiger partial charge in [-0.15, -0.1) is 0 Å². The number of aromatic nitrogens is 1. The number of carbonyl (C=O) groups is 1. The van der Waals surface area contributed by atoms with E-state index in [1.54, 1.807) is 13.3 Å². The van der Waals surface area contributed by atoms with Crippen LogP contribution in [0.1, 0.15) is 5.69 Å². The number of piperazine rings is 1. The molecule has 1 fully saturated rings. The lowest BCUT2D eigenvalue weighted by atomic mass is 10.3. The number of nitrogens with one attached hydrogen (secondary N) is 1. The van der Waals surface area contributed by atoms with Crippen molar-refractivity contribution in [3.63, 3.8) is 0 Å². The maximum atomic E-state index is 10.6. The fourth-order valence-corrected chi connectivity index (χ4v) is 1.77. The van der Waals surface area contributed by atoms with Crippen molar-refractivity contribution >= 4 is 5.97 Å². The minimum Gasteiger partial charge on any atom is -0.497 e. The van der Waals surface area contributed by atoms with Crippen LogP contribution in [0.4, 0.5) is 13.2 Å². The first-order chi connectivity index (χ1) is 10.3. The lowest BCUT2D eigenvalue weighted by Gasteiger charge is -2.26. The molecule has 9 heteroatoms. The van der Waals surface area contributed by atoms with Crippen LogP contribution in [0.15, 0.2) is 18.3 Å². The van der Waals surface area contributed by atoms with E-state index < -0.39 is 12.1 Å². The van der Waals surface area contributed by atoms with Gasteiger partial charge in [0.05, 0.1) is 12.8 Å². The molecule has 1 aliphatic rings. The van der Waals surface area contributed by atoms with Crippen LogP contribution in [-0.4, -0.2) is 60.4 Å². The number of hydrogen-bond donors (Lipinski definition) is 2. The van der Waals surface area contributed by atoms with E-state index in [2.05, 4.69) is 15.2 Å². The number of ether oxygens (including phenoxy) is 1. The lowest BCUT2D eigenvalue weighted by molar-refractivity contribution is -0.192. The van der Waals surface area contributed by atoms with E-state index in [9.17, 15) is 13.2 Å². The Morgan fingerprint density at radius 2 is 2.05 bits per heavy atom. The molecule has 2 heterocycles. The van der Waals surface area contributed by atoms with Crippen molar-refractivity contribution in [2.75, 3.05) is 33.3 Å². The number of pyridine rings is 1. The molecule has 0 amide bonds. The van der Waals surface area contributed by atoms with Crippen molar-refractivity contribution < 1.29 is 27.8 Å². The first kappa shape index (κ1) is 18.2. The molecule has 124 valence electrons. The average Bonchev–Trinajstić information content (AvgIpc) is 2.48. The highest BCUT2D eigenvalue weighted by Crippen LogP contribution is 2.13. The molecule has 6 nitrogen and oxygen atoms in total. The molecular weight excluding hydrogens is 303 g/mol. The summed E-state index contributed by atoms with van der Waals surface area (Å²) in [6.45, 7) is 5.25. The Hall–Kier alpha value is -1.87. The van der Waals surface area contributed by atoms with Gasteiger partial charge in [0.2, 0.25) is 0 Å². The largest absolute Gasteiger partial charge is 0.497 e. The van der Waals surface area contributed by atoms with E-state index in [-0.39, 0.29) is 0 Å². The molecule has 1 aromatic heterocycles. The van der Waals surface area contributed by atoms with Gasteiger partial charge in [-0.1, -0.05) is 0 Å². The molecule has 1 saturated heterocycles. The van der Waals surface area contributed by atoms with Gasteiger partial charge < -0.3 is 15.2 Å². The summed E-state index contributed by atoms with van der Waals surface area (Å²) in [6.07, 6.45) is -3.28. The van der Waals surface area contributed by atoms with Gasteiger partial charge in [-0.25, -0.2) is 4.79 Å². The third-order valence-electron chi connectivity index (χ3n) is 2.86. The molecule has 0 radical (unpaired) electrons. The smallest absolute Gasteiger partial charge is 0.490 e. The molecule has 2 N–H and O–H groups in total. The molecule has 0 spiro atoms. The Labute approximate surface area is 125 Å². The molecular formula is C13H18F3N3O3. The molecule has 0 aliphatic carbocycles. The highest BCUT2D eigenvalue weighted by Gasteiger charge is 2.38. The number of methoxy groups -OCH3 is 1. The monoisotopic (exact) mass is 321 g/mol. The molecule has 1 aliphatic heterocycles. The second-order valence-electron chi connectivity index (χ2n) is 4.52. The van der Waals surface area contributed by atoms with Gasteiger partial charge in [-0.3, -0.25) is 9.88 Å². The Kier molecular flexibility index (Phi) is 7.06. The third-order valence-corrected chi connectivity index (χ3v) is 2.86. The van der Waals surface area contributed by atoms with Crippen molar-refractivity contribution in [1.29, 1.82) is 0 Å². The zero-order valence-electron chi connectivity index (χ0n) is 12.1. The molecule has 0 unspecified atom stereocenters. The number of rotatable bonds is 3. The summed E-state index contributed by atoms with van der Waals surface area (Å²) in [5.74, 6) is -1.87. The summed E-state index contributed by atoms with van der Waals surface area (Å²) in [4.78, 5) is 15.6. The fourth-order valence-electron chi connectivity index (χ4n) is 1.77. The summed E-state index contributed by atoms with van der Waals surface area (Å²) >= 11 is 0. The first-order valence-corrected chi connectivity index (χ1v) is 6.55. The Morgan fingerprint density at radius 1 is 1.45 bits per heavy atom. The molecule has 0 saturated carbocycles. The molecule has 0 atom stereocenters. The van der Waals surface area contributed by atoms with Gasteiger partial charge in [-0.05, 0) is 6.07 Å². The standard InChI is InChI=1S/C11H17N3O.C2HF3O2/c1-15-11-2-3-13-10(8-11)9-14-6-4-12-5-7-14;3-2(4,5)1(6)7/h2-3,8,12H,4-7,9H2,1H3;(H,6,7). The normalized spacial score (nSPS) is 15.6. The van der Waals surface area contributed by atoms with E-state index >= 15 is 0 Å². The molecule has 1 aromatic rings. The number of carboxylic acids is 1. The lowest BCUT2D eigenvalue weighted by Crippen LogP contribution is -2.43. The van der Waals surface area contributed by atoms with Crippen molar-refractivity contribution in [1.82, 2.24) is 15.2 Å². The van der Waals surface area contributed by atoms with Gasteiger partial charge in [0.15, 0.2) is 0 Å².